The van der Waals surface area contributed by atoms with Crippen LogP contribution < -0.4 is 4.74 Å². The van der Waals surface area contributed by atoms with Gasteiger partial charge < -0.3 is 9.64 Å². The summed E-state index contributed by atoms with van der Waals surface area (Å²) in [5.41, 5.74) is 2.46. The maximum absolute atomic E-state index is 6.73. The van der Waals surface area contributed by atoms with Gasteiger partial charge in [0.1, 0.15) is 5.75 Å². The van der Waals surface area contributed by atoms with Gasteiger partial charge in [0.25, 0.3) is 0 Å². The van der Waals surface area contributed by atoms with Crippen LogP contribution in [0.15, 0.2) is 18.2 Å². The quantitative estimate of drug-likeness (QED) is 0.712. The fourth-order valence-corrected chi connectivity index (χ4v) is 3.37. The molecule has 0 radical (unpaired) electrons. The highest BCUT2D eigenvalue weighted by Gasteiger charge is 2.19. The van der Waals surface area contributed by atoms with Crippen LogP contribution >= 0.6 is 11.6 Å². The molecule has 1 atom stereocenters. The van der Waals surface area contributed by atoms with E-state index >= 15 is 0 Å². The second kappa shape index (κ2) is 8.05. The fraction of sp³-hybridized carbons (Fsp3) is 0.667. The van der Waals surface area contributed by atoms with Crippen molar-refractivity contribution in [2.75, 3.05) is 26.7 Å². The summed E-state index contributed by atoms with van der Waals surface area (Å²) in [5.74, 6) is 1.42. The van der Waals surface area contributed by atoms with E-state index < -0.39 is 0 Å². The van der Waals surface area contributed by atoms with Crippen molar-refractivity contribution in [1.82, 2.24) is 4.90 Å². The molecule has 118 valence electrons. The third kappa shape index (κ3) is 4.62. The second-order valence-electron chi connectivity index (χ2n) is 6.34. The predicted molar refractivity (Wildman–Crippen MR) is 90.6 cm³/mol. The van der Waals surface area contributed by atoms with E-state index in [0.717, 1.165) is 17.9 Å². The summed E-state index contributed by atoms with van der Waals surface area (Å²) in [7, 11) is 1.73. The summed E-state index contributed by atoms with van der Waals surface area (Å²) in [6.45, 7) is 7.69. The Balaban J connectivity index is 2.12. The van der Waals surface area contributed by atoms with E-state index in [-0.39, 0.29) is 5.38 Å². The van der Waals surface area contributed by atoms with Crippen LogP contribution in [0.4, 0.5) is 0 Å². The van der Waals surface area contributed by atoms with Gasteiger partial charge in [-0.25, -0.2) is 0 Å². The van der Waals surface area contributed by atoms with Crippen molar-refractivity contribution in [2.45, 2.75) is 50.8 Å². The molecular weight excluding hydrogens is 282 g/mol. The van der Waals surface area contributed by atoms with E-state index in [0.29, 0.717) is 5.92 Å². The third-order valence-corrected chi connectivity index (χ3v) is 4.75. The number of hydrogen-bond acceptors (Lipinski definition) is 2. The summed E-state index contributed by atoms with van der Waals surface area (Å²) < 4.78 is 5.51. The number of hydrogen-bond donors (Lipinski definition) is 0. The first-order valence-corrected chi connectivity index (χ1v) is 8.59. The van der Waals surface area contributed by atoms with Crippen molar-refractivity contribution < 1.29 is 4.74 Å². The molecule has 2 nitrogen and oxygen atoms in total. The van der Waals surface area contributed by atoms with E-state index in [2.05, 4.69) is 36.9 Å². The second-order valence-corrected chi connectivity index (χ2v) is 6.87. The minimum absolute atomic E-state index is 0.00301. The topological polar surface area (TPSA) is 12.5 Å². The smallest absolute Gasteiger partial charge is 0.123 e. The van der Waals surface area contributed by atoms with E-state index in [1.54, 1.807) is 7.11 Å². The zero-order chi connectivity index (χ0) is 15.2. The normalized spacial score (nSPS) is 18.5. The van der Waals surface area contributed by atoms with E-state index in [1.807, 2.05) is 0 Å². The number of nitrogens with zero attached hydrogens (tertiary/aromatic N) is 1. The van der Waals surface area contributed by atoms with Crippen LogP contribution in [0.2, 0.25) is 0 Å². The van der Waals surface area contributed by atoms with Gasteiger partial charge in [0, 0.05) is 12.1 Å². The number of alkyl halides is 1. The van der Waals surface area contributed by atoms with Crippen LogP contribution in [0.1, 0.15) is 62.0 Å². The van der Waals surface area contributed by atoms with Gasteiger partial charge in [0.05, 0.1) is 12.5 Å². The molecular formula is C18H28ClNO. The minimum atomic E-state index is -0.00301. The van der Waals surface area contributed by atoms with Crippen LogP contribution in [0, 0.1) is 0 Å². The molecule has 2 rings (SSSR count). The summed E-state index contributed by atoms with van der Waals surface area (Å²) in [5, 5.41) is -0.00301. The number of rotatable bonds is 5. The van der Waals surface area contributed by atoms with Crippen LogP contribution in [0.3, 0.4) is 0 Å². The van der Waals surface area contributed by atoms with Crippen molar-refractivity contribution in [2.24, 2.45) is 0 Å². The van der Waals surface area contributed by atoms with Crippen LogP contribution in [-0.2, 0) is 0 Å². The van der Waals surface area contributed by atoms with Gasteiger partial charge in [-0.05, 0) is 43.5 Å². The Morgan fingerprint density at radius 1 is 1.14 bits per heavy atom. The lowest BCUT2D eigenvalue weighted by Crippen LogP contribution is -2.28. The van der Waals surface area contributed by atoms with Crippen molar-refractivity contribution >= 4 is 11.6 Å². The van der Waals surface area contributed by atoms with Crippen molar-refractivity contribution in [3.8, 4) is 5.75 Å². The van der Waals surface area contributed by atoms with Gasteiger partial charge in [0.2, 0.25) is 0 Å². The van der Waals surface area contributed by atoms with Gasteiger partial charge in [0.15, 0.2) is 0 Å². The number of methoxy groups -OCH3 is 1. The van der Waals surface area contributed by atoms with E-state index in [1.165, 1.54) is 44.3 Å². The Morgan fingerprint density at radius 3 is 2.38 bits per heavy atom. The Labute approximate surface area is 134 Å². The van der Waals surface area contributed by atoms with E-state index in [4.69, 9.17) is 16.3 Å². The largest absolute Gasteiger partial charge is 0.496 e. The Bertz CT molecular complexity index is 439. The first-order valence-electron chi connectivity index (χ1n) is 8.16. The molecule has 0 spiro atoms. The lowest BCUT2D eigenvalue weighted by molar-refractivity contribution is 0.283. The molecule has 1 unspecified atom stereocenters. The molecule has 1 saturated heterocycles. The summed E-state index contributed by atoms with van der Waals surface area (Å²) in [6, 6.07) is 6.42. The lowest BCUT2D eigenvalue weighted by Gasteiger charge is -2.24. The molecule has 1 aromatic carbocycles. The fourth-order valence-electron chi connectivity index (χ4n) is 3.00. The molecule has 1 aliphatic rings. The maximum atomic E-state index is 6.73. The molecule has 1 fully saturated rings. The molecule has 3 heteroatoms. The highest BCUT2D eigenvalue weighted by molar-refractivity contribution is 6.21. The highest BCUT2D eigenvalue weighted by atomic mass is 35.5. The molecule has 0 N–H and O–H groups in total. The predicted octanol–water partition coefficient (Wildman–Crippen LogP) is 4.97. The number of likely N-dealkylation sites (tertiary alicyclic amines) is 1. The average molecular weight is 310 g/mol. The van der Waals surface area contributed by atoms with E-state index in [9.17, 15) is 0 Å². The number of ether oxygens (including phenoxy) is 1. The highest BCUT2D eigenvalue weighted by Crippen LogP contribution is 2.33. The van der Waals surface area contributed by atoms with Gasteiger partial charge in [-0.2, -0.15) is 0 Å². The first-order chi connectivity index (χ1) is 10.1. The number of halogens is 1. The zero-order valence-electron chi connectivity index (χ0n) is 13.6. The molecule has 0 aliphatic carbocycles. The SMILES string of the molecule is COc1ccc(C(C)C)cc1C(Cl)CN1CCCCCC1. The van der Waals surface area contributed by atoms with Crippen molar-refractivity contribution in [3.63, 3.8) is 0 Å². The van der Waals surface area contributed by atoms with Crippen molar-refractivity contribution in [1.29, 1.82) is 0 Å². The van der Waals surface area contributed by atoms with Gasteiger partial charge in [-0.1, -0.05) is 38.8 Å². The Hall–Kier alpha value is -0.730. The van der Waals surface area contributed by atoms with Gasteiger partial charge in [-0.15, -0.1) is 11.6 Å². The number of benzene rings is 1. The molecule has 21 heavy (non-hydrogen) atoms. The minimum Gasteiger partial charge on any atom is -0.496 e. The van der Waals surface area contributed by atoms with Gasteiger partial charge in [-0.3, -0.25) is 0 Å². The van der Waals surface area contributed by atoms with Crippen LogP contribution in [0.5, 0.6) is 5.75 Å². The molecule has 1 heterocycles. The van der Waals surface area contributed by atoms with Gasteiger partial charge >= 0.3 is 0 Å². The average Bonchev–Trinajstić information content (AvgIpc) is 2.75. The Morgan fingerprint density at radius 2 is 1.81 bits per heavy atom. The molecule has 1 aliphatic heterocycles. The summed E-state index contributed by atoms with van der Waals surface area (Å²) >= 11 is 6.73. The molecule has 1 aromatic rings. The molecule has 0 bridgehead atoms. The zero-order valence-corrected chi connectivity index (χ0v) is 14.3. The molecule has 0 aromatic heterocycles. The molecule has 0 saturated carbocycles. The lowest BCUT2D eigenvalue weighted by atomic mass is 9.98. The summed E-state index contributed by atoms with van der Waals surface area (Å²) in [4.78, 5) is 2.51. The Kier molecular flexibility index (Phi) is 6.38. The van der Waals surface area contributed by atoms with Crippen molar-refractivity contribution in [3.05, 3.63) is 29.3 Å². The standard InChI is InChI=1S/C18H28ClNO/c1-14(2)15-8-9-18(21-3)16(12-15)17(19)13-20-10-6-4-5-7-11-20/h8-9,12,14,17H,4-7,10-11,13H2,1-3H3. The van der Waals surface area contributed by atoms with Crippen LogP contribution in [-0.4, -0.2) is 31.6 Å². The monoisotopic (exact) mass is 309 g/mol. The third-order valence-electron chi connectivity index (χ3n) is 4.38. The molecule has 0 amide bonds. The first kappa shape index (κ1) is 16.6. The summed E-state index contributed by atoms with van der Waals surface area (Å²) in [6.07, 6.45) is 5.31. The maximum Gasteiger partial charge on any atom is 0.123 e. The van der Waals surface area contributed by atoms with Crippen LogP contribution in [0.25, 0.3) is 0 Å².